The molecule has 28 heavy (non-hydrogen) atoms. The molecule has 1 saturated heterocycles. The Bertz CT molecular complexity index is 824. The third-order valence-corrected chi connectivity index (χ3v) is 5.03. The second-order valence-corrected chi connectivity index (χ2v) is 7.50. The second kappa shape index (κ2) is 9.02. The number of anilines is 1. The molecule has 0 aromatic heterocycles. The van der Waals surface area contributed by atoms with E-state index < -0.39 is 0 Å². The number of rotatable bonds is 7. The van der Waals surface area contributed by atoms with E-state index in [4.69, 9.17) is 4.74 Å². The average Bonchev–Trinajstić information content (AvgIpc) is 2.65. The minimum Gasteiger partial charge on any atom is -0.465 e. The molecule has 0 atom stereocenters. The van der Waals surface area contributed by atoms with Crippen LogP contribution in [0.5, 0.6) is 0 Å². The number of carbonyl (C=O) groups is 2. The molecule has 5 nitrogen and oxygen atoms in total. The lowest BCUT2D eigenvalue weighted by molar-refractivity contribution is -0.147. The second-order valence-electron chi connectivity index (χ2n) is 7.50. The minimum absolute atomic E-state index is 0.00422. The first-order valence-electron chi connectivity index (χ1n) is 9.86. The van der Waals surface area contributed by atoms with Gasteiger partial charge in [-0.3, -0.25) is 14.5 Å². The highest BCUT2D eigenvalue weighted by Crippen LogP contribution is 2.30. The molecule has 0 radical (unpaired) electrons. The SMILES string of the molecule is CCOC(=O)CN1CC(C(=O)Nc2ccc(-c3ccccc3C(C)C)cc2)C1. The summed E-state index contributed by atoms with van der Waals surface area (Å²) >= 11 is 0. The number of carbonyl (C=O) groups excluding carboxylic acids is 2. The van der Waals surface area contributed by atoms with Crippen LogP contribution in [-0.2, 0) is 14.3 Å². The normalized spacial score (nSPS) is 14.6. The van der Waals surface area contributed by atoms with Crippen LogP contribution in [0.15, 0.2) is 48.5 Å². The smallest absolute Gasteiger partial charge is 0.320 e. The summed E-state index contributed by atoms with van der Waals surface area (Å²) in [6.07, 6.45) is 0. The largest absolute Gasteiger partial charge is 0.465 e. The molecule has 1 amide bonds. The summed E-state index contributed by atoms with van der Waals surface area (Å²) in [5, 5.41) is 2.98. The van der Waals surface area contributed by atoms with Crippen LogP contribution in [0.2, 0.25) is 0 Å². The average molecular weight is 380 g/mol. The van der Waals surface area contributed by atoms with Gasteiger partial charge in [-0.05, 0) is 41.7 Å². The van der Waals surface area contributed by atoms with Gasteiger partial charge in [-0.15, -0.1) is 0 Å². The summed E-state index contributed by atoms with van der Waals surface area (Å²) in [5.74, 6) is 0.122. The topological polar surface area (TPSA) is 58.6 Å². The fraction of sp³-hybridized carbons (Fsp3) is 0.391. The first-order valence-corrected chi connectivity index (χ1v) is 9.86. The third kappa shape index (κ3) is 4.78. The summed E-state index contributed by atoms with van der Waals surface area (Å²) in [7, 11) is 0. The molecule has 1 aliphatic heterocycles. The van der Waals surface area contributed by atoms with Crippen molar-refractivity contribution in [2.75, 3.05) is 31.6 Å². The van der Waals surface area contributed by atoms with Crippen LogP contribution < -0.4 is 5.32 Å². The molecule has 1 aliphatic rings. The van der Waals surface area contributed by atoms with Crippen LogP contribution in [-0.4, -0.2) is 43.0 Å². The molecular formula is C23H28N2O3. The van der Waals surface area contributed by atoms with Crippen molar-refractivity contribution in [2.24, 2.45) is 5.92 Å². The van der Waals surface area contributed by atoms with Gasteiger partial charge >= 0.3 is 5.97 Å². The minimum atomic E-state index is -0.237. The molecule has 0 spiro atoms. The van der Waals surface area contributed by atoms with E-state index in [9.17, 15) is 9.59 Å². The zero-order chi connectivity index (χ0) is 20.1. The lowest BCUT2D eigenvalue weighted by Gasteiger charge is -2.37. The van der Waals surface area contributed by atoms with Gasteiger partial charge < -0.3 is 10.1 Å². The Morgan fingerprint density at radius 2 is 1.79 bits per heavy atom. The Kier molecular flexibility index (Phi) is 6.47. The number of amides is 1. The third-order valence-electron chi connectivity index (χ3n) is 5.03. The first kappa shape index (κ1) is 20.1. The van der Waals surface area contributed by atoms with Gasteiger partial charge in [-0.25, -0.2) is 0 Å². The van der Waals surface area contributed by atoms with Gasteiger partial charge in [0.1, 0.15) is 0 Å². The predicted molar refractivity (Wildman–Crippen MR) is 111 cm³/mol. The molecule has 0 saturated carbocycles. The van der Waals surface area contributed by atoms with Crippen molar-refractivity contribution in [3.63, 3.8) is 0 Å². The highest BCUT2D eigenvalue weighted by molar-refractivity contribution is 5.93. The predicted octanol–water partition coefficient (Wildman–Crippen LogP) is 3.91. The van der Waals surface area contributed by atoms with Gasteiger partial charge in [0.05, 0.1) is 19.1 Å². The van der Waals surface area contributed by atoms with E-state index in [1.807, 2.05) is 29.2 Å². The molecule has 148 valence electrons. The first-order chi connectivity index (χ1) is 13.5. The quantitative estimate of drug-likeness (QED) is 0.740. The molecule has 5 heteroatoms. The van der Waals surface area contributed by atoms with Crippen LogP contribution in [0.1, 0.15) is 32.3 Å². The Morgan fingerprint density at radius 1 is 1.11 bits per heavy atom. The van der Waals surface area contributed by atoms with Crippen molar-refractivity contribution in [2.45, 2.75) is 26.7 Å². The van der Waals surface area contributed by atoms with Gasteiger partial charge in [0, 0.05) is 18.8 Å². The molecule has 3 rings (SSSR count). The number of hydrogen-bond donors (Lipinski definition) is 1. The van der Waals surface area contributed by atoms with E-state index >= 15 is 0 Å². The monoisotopic (exact) mass is 380 g/mol. The van der Waals surface area contributed by atoms with Crippen LogP contribution in [0, 0.1) is 5.92 Å². The fourth-order valence-corrected chi connectivity index (χ4v) is 3.49. The molecular weight excluding hydrogens is 352 g/mol. The Hall–Kier alpha value is -2.66. The maximum absolute atomic E-state index is 12.4. The summed E-state index contributed by atoms with van der Waals surface area (Å²) in [6, 6.07) is 16.4. The Balaban J connectivity index is 1.56. The van der Waals surface area contributed by atoms with Crippen LogP contribution >= 0.6 is 0 Å². The van der Waals surface area contributed by atoms with E-state index in [1.54, 1.807) is 6.92 Å². The van der Waals surface area contributed by atoms with Crippen LogP contribution in [0.3, 0.4) is 0 Å². The van der Waals surface area contributed by atoms with Crippen LogP contribution in [0.25, 0.3) is 11.1 Å². The molecule has 0 unspecified atom stereocenters. The number of likely N-dealkylation sites (tertiary alicyclic amines) is 1. The molecule has 0 bridgehead atoms. The van der Waals surface area contributed by atoms with Gasteiger partial charge in [0.25, 0.3) is 0 Å². The molecule has 2 aromatic rings. The number of hydrogen-bond acceptors (Lipinski definition) is 4. The summed E-state index contributed by atoms with van der Waals surface area (Å²) < 4.78 is 4.93. The Morgan fingerprint density at radius 3 is 2.43 bits per heavy atom. The molecule has 1 N–H and O–H groups in total. The zero-order valence-corrected chi connectivity index (χ0v) is 16.8. The number of benzene rings is 2. The number of nitrogens with one attached hydrogen (secondary N) is 1. The molecule has 1 fully saturated rings. The molecule has 2 aromatic carbocycles. The van der Waals surface area contributed by atoms with Crippen molar-refractivity contribution in [3.05, 3.63) is 54.1 Å². The lowest BCUT2D eigenvalue weighted by atomic mass is 9.92. The summed E-state index contributed by atoms with van der Waals surface area (Å²) in [6.45, 7) is 7.98. The fourth-order valence-electron chi connectivity index (χ4n) is 3.49. The maximum Gasteiger partial charge on any atom is 0.320 e. The van der Waals surface area contributed by atoms with Crippen molar-refractivity contribution < 1.29 is 14.3 Å². The zero-order valence-electron chi connectivity index (χ0n) is 16.8. The lowest BCUT2D eigenvalue weighted by Crippen LogP contribution is -2.53. The number of esters is 1. The van der Waals surface area contributed by atoms with Crippen LogP contribution in [0.4, 0.5) is 5.69 Å². The summed E-state index contributed by atoms with van der Waals surface area (Å²) in [4.78, 5) is 25.8. The molecule has 0 aliphatic carbocycles. The van der Waals surface area contributed by atoms with E-state index in [0.717, 1.165) is 11.3 Å². The highest BCUT2D eigenvalue weighted by Gasteiger charge is 2.33. The summed E-state index contributed by atoms with van der Waals surface area (Å²) in [5.41, 5.74) is 4.48. The Labute approximate surface area is 166 Å². The van der Waals surface area contributed by atoms with Gasteiger partial charge in [-0.2, -0.15) is 0 Å². The van der Waals surface area contributed by atoms with Crippen molar-refractivity contribution >= 4 is 17.6 Å². The highest BCUT2D eigenvalue weighted by atomic mass is 16.5. The van der Waals surface area contributed by atoms with Gasteiger partial charge in [0.2, 0.25) is 5.91 Å². The van der Waals surface area contributed by atoms with E-state index in [0.29, 0.717) is 25.6 Å². The van der Waals surface area contributed by atoms with Gasteiger partial charge in [-0.1, -0.05) is 50.2 Å². The number of nitrogens with zero attached hydrogens (tertiary/aromatic N) is 1. The van der Waals surface area contributed by atoms with E-state index in [2.05, 4.69) is 43.4 Å². The van der Waals surface area contributed by atoms with E-state index in [-0.39, 0.29) is 24.3 Å². The van der Waals surface area contributed by atoms with Crippen molar-refractivity contribution in [1.82, 2.24) is 4.90 Å². The maximum atomic E-state index is 12.4. The van der Waals surface area contributed by atoms with Crippen molar-refractivity contribution in [1.29, 1.82) is 0 Å². The molecule has 1 heterocycles. The number of ether oxygens (including phenoxy) is 1. The van der Waals surface area contributed by atoms with E-state index in [1.165, 1.54) is 11.1 Å². The van der Waals surface area contributed by atoms with Gasteiger partial charge in [0.15, 0.2) is 0 Å². The standard InChI is InChI=1S/C23H28N2O3/c1-4-28-22(26)15-25-13-18(14-25)23(27)24-19-11-9-17(10-12-19)21-8-6-5-7-20(21)16(2)3/h5-12,16,18H,4,13-15H2,1-3H3,(H,24,27). The van der Waals surface area contributed by atoms with Crippen molar-refractivity contribution in [3.8, 4) is 11.1 Å².